The molecule has 0 aliphatic carbocycles. The number of hydrogen-bond donors (Lipinski definition) is 0. The Morgan fingerprint density at radius 1 is 0.886 bits per heavy atom. The van der Waals surface area contributed by atoms with Gasteiger partial charge in [0.25, 0.3) is 17.7 Å². The van der Waals surface area contributed by atoms with E-state index in [2.05, 4.69) is 0 Å². The van der Waals surface area contributed by atoms with Crippen molar-refractivity contribution in [3.8, 4) is 0 Å². The smallest absolute Gasteiger partial charge is 0.338 e. The molecule has 0 saturated carbocycles. The van der Waals surface area contributed by atoms with Crippen LogP contribution in [0, 0.1) is 6.92 Å². The topological polar surface area (TPSA) is 84.0 Å². The number of ether oxygens (including phenoxy) is 1. The van der Waals surface area contributed by atoms with Crippen molar-refractivity contribution in [2.45, 2.75) is 32.8 Å². The van der Waals surface area contributed by atoms with Crippen molar-refractivity contribution in [3.63, 3.8) is 0 Å². The molecule has 1 atom stereocenters. The molecule has 0 spiro atoms. The van der Waals surface area contributed by atoms with Crippen LogP contribution in [0.5, 0.6) is 0 Å². The number of esters is 1. The number of carbonyl (C=O) groups excluding carboxylic acids is 4. The number of fused-ring (bicyclic) bond motifs is 2. The van der Waals surface area contributed by atoms with Crippen LogP contribution >= 0.6 is 0 Å². The number of para-hydroxylation sites is 2. The van der Waals surface area contributed by atoms with Crippen LogP contribution in [-0.2, 0) is 16.0 Å². The van der Waals surface area contributed by atoms with Gasteiger partial charge in [-0.15, -0.1) is 0 Å². The van der Waals surface area contributed by atoms with Gasteiger partial charge in [-0.1, -0.05) is 36.4 Å². The maximum Gasteiger partial charge on any atom is 0.338 e. The standard InChI is InChI=1S/C28H24N2O5/c1-17-8-3-5-11-23(17)30-26(32)21-14-13-20(16-22(21)27(30)33)28(34)35-18(2)25(31)29-15-7-10-19-9-4-6-12-24(19)29/h3-6,8-9,11-14,16,18H,7,10,15H2,1-2H3. The van der Waals surface area contributed by atoms with Gasteiger partial charge in [-0.3, -0.25) is 14.4 Å². The third-order valence-corrected chi connectivity index (χ3v) is 6.49. The van der Waals surface area contributed by atoms with Crippen molar-refractivity contribution in [2.24, 2.45) is 0 Å². The molecule has 0 N–H and O–H groups in total. The Morgan fingerprint density at radius 2 is 1.57 bits per heavy atom. The van der Waals surface area contributed by atoms with Crippen molar-refractivity contribution in [1.29, 1.82) is 0 Å². The van der Waals surface area contributed by atoms with Gasteiger partial charge in [0.15, 0.2) is 6.10 Å². The highest BCUT2D eigenvalue weighted by molar-refractivity contribution is 6.35. The molecule has 1 unspecified atom stereocenters. The van der Waals surface area contributed by atoms with Crippen LogP contribution in [0.25, 0.3) is 0 Å². The number of rotatable bonds is 4. The molecule has 0 radical (unpaired) electrons. The zero-order chi connectivity index (χ0) is 24.7. The molecule has 0 bridgehead atoms. The van der Waals surface area contributed by atoms with E-state index in [9.17, 15) is 19.2 Å². The fourth-order valence-corrected chi connectivity index (χ4v) is 4.66. The zero-order valence-electron chi connectivity index (χ0n) is 19.5. The summed E-state index contributed by atoms with van der Waals surface area (Å²) < 4.78 is 5.48. The average molecular weight is 469 g/mol. The molecule has 3 amide bonds. The molecule has 35 heavy (non-hydrogen) atoms. The van der Waals surface area contributed by atoms with Gasteiger partial charge in [-0.2, -0.15) is 0 Å². The summed E-state index contributed by atoms with van der Waals surface area (Å²) in [5.74, 6) is -1.97. The van der Waals surface area contributed by atoms with Gasteiger partial charge in [-0.25, -0.2) is 9.69 Å². The highest BCUT2D eigenvalue weighted by atomic mass is 16.5. The molecule has 2 aliphatic rings. The van der Waals surface area contributed by atoms with Gasteiger partial charge in [0.1, 0.15) is 0 Å². The van der Waals surface area contributed by atoms with E-state index in [0.29, 0.717) is 12.2 Å². The number of anilines is 2. The number of aryl methyl sites for hydroxylation is 2. The minimum Gasteiger partial charge on any atom is -0.449 e. The SMILES string of the molecule is Cc1ccccc1N1C(=O)c2ccc(C(=O)OC(C)C(=O)N3CCCc4ccccc43)cc2C1=O. The molecule has 0 fully saturated rings. The van der Waals surface area contributed by atoms with Crippen LogP contribution in [0.2, 0.25) is 0 Å². The van der Waals surface area contributed by atoms with Crippen LogP contribution in [0.1, 0.15) is 55.5 Å². The molecular formula is C28H24N2O5. The van der Waals surface area contributed by atoms with Gasteiger partial charge < -0.3 is 9.64 Å². The van der Waals surface area contributed by atoms with E-state index >= 15 is 0 Å². The Hall–Kier alpha value is -4.26. The molecule has 3 aromatic carbocycles. The van der Waals surface area contributed by atoms with E-state index < -0.39 is 23.9 Å². The lowest BCUT2D eigenvalue weighted by molar-refractivity contribution is -0.126. The second-order valence-corrected chi connectivity index (χ2v) is 8.76. The summed E-state index contributed by atoms with van der Waals surface area (Å²) in [6.45, 7) is 3.92. The van der Waals surface area contributed by atoms with Crippen LogP contribution in [0.3, 0.4) is 0 Å². The van der Waals surface area contributed by atoms with Crippen molar-refractivity contribution in [1.82, 2.24) is 0 Å². The Kier molecular flexibility index (Phi) is 5.68. The number of imide groups is 1. The highest BCUT2D eigenvalue weighted by Gasteiger charge is 2.38. The fourth-order valence-electron chi connectivity index (χ4n) is 4.66. The second-order valence-electron chi connectivity index (χ2n) is 8.76. The Labute approximate surface area is 202 Å². The van der Waals surface area contributed by atoms with Gasteiger partial charge in [0, 0.05) is 12.2 Å². The van der Waals surface area contributed by atoms with Crippen molar-refractivity contribution >= 4 is 35.1 Å². The van der Waals surface area contributed by atoms with Gasteiger partial charge in [0.2, 0.25) is 0 Å². The predicted octanol–water partition coefficient (Wildman–Crippen LogP) is 4.32. The molecule has 0 saturated heterocycles. The Bertz CT molecular complexity index is 1380. The van der Waals surface area contributed by atoms with Crippen LogP contribution in [0.4, 0.5) is 11.4 Å². The Morgan fingerprint density at radius 3 is 2.34 bits per heavy atom. The molecule has 7 heteroatoms. The molecular weight excluding hydrogens is 444 g/mol. The lowest BCUT2D eigenvalue weighted by atomic mass is 10.0. The van der Waals surface area contributed by atoms with E-state index in [1.807, 2.05) is 43.3 Å². The van der Waals surface area contributed by atoms with Gasteiger partial charge >= 0.3 is 5.97 Å². The minimum atomic E-state index is -1.01. The quantitative estimate of drug-likeness (QED) is 0.421. The van der Waals surface area contributed by atoms with E-state index in [1.54, 1.807) is 24.0 Å². The van der Waals surface area contributed by atoms with Crippen molar-refractivity contribution in [3.05, 3.63) is 94.5 Å². The number of nitrogens with zero attached hydrogens (tertiary/aromatic N) is 2. The van der Waals surface area contributed by atoms with Crippen molar-refractivity contribution < 1.29 is 23.9 Å². The maximum absolute atomic E-state index is 13.1. The summed E-state index contributed by atoms with van der Waals surface area (Å²) in [6.07, 6.45) is 0.722. The number of hydrogen-bond acceptors (Lipinski definition) is 5. The van der Waals surface area contributed by atoms with E-state index in [-0.39, 0.29) is 22.6 Å². The summed E-state index contributed by atoms with van der Waals surface area (Å²) in [4.78, 5) is 54.7. The van der Waals surface area contributed by atoms with E-state index in [0.717, 1.165) is 34.6 Å². The zero-order valence-corrected chi connectivity index (χ0v) is 19.5. The lowest BCUT2D eigenvalue weighted by Crippen LogP contribution is -2.42. The molecule has 3 aromatic rings. The number of benzene rings is 3. The summed E-state index contributed by atoms with van der Waals surface area (Å²) in [5, 5.41) is 0. The van der Waals surface area contributed by atoms with Gasteiger partial charge in [-0.05, 0) is 68.1 Å². The van der Waals surface area contributed by atoms with E-state index in [4.69, 9.17) is 4.74 Å². The summed E-state index contributed by atoms with van der Waals surface area (Å²) in [7, 11) is 0. The maximum atomic E-state index is 13.1. The monoisotopic (exact) mass is 468 g/mol. The average Bonchev–Trinajstić information content (AvgIpc) is 3.12. The second kappa shape index (κ2) is 8.83. The third kappa shape index (κ3) is 3.89. The van der Waals surface area contributed by atoms with Gasteiger partial charge in [0.05, 0.1) is 22.4 Å². The summed E-state index contributed by atoms with van der Waals surface area (Å²) >= 11 is 0. The number of amides is 3. The largest absolute Gasteiger partial charge is 0.449 e. The van der Waals surface area contributed by atoms with Crippen LogP contribution in [0.15, 0.2) is 66.7 Å². The first-order valence-corrected chi connectivity index (χ1v) is 11.6. The van der Waals surface area contributed by atoms with E-state index in [1.165, 1.54) is 18.2 Å². The first-order chi connectivity index (χ1) is 16.9. The summed E-state index contributed by atoms with van der Waals surface area (Å²) in [5.41, 5.74) is 3.68. The molecule has 176 valence electrons. The highest BCUT2D eigenvalue weighted by Crippen LogP contribution is 2.31. The molecule has 7 nitrogen and oxygen atoms in total. The molecule has 2 heterocycles. The molecule has 0 aromatic heterocycles. The summed E-state index contributed by atoms with van der Waals surface area (Å²) in [6, 6.07) is 19.1. The predicted molar refractivity (Wildman–Crippen MR) is 131 cm³/mol. The first-order valence-electron chi connectivity index (χ1n) is 11.6. The van der Waals surface area contributed by atoms with Crippen LogP contribution in [-0.4, -0.2) is 36.3 Å². The first kappa shape index (κ1) is 22.5. The minimum absolute atomic E-state index is 0.107. The third-order valence-electron chi connectivity index (χ3n) is 6.49. The molecule has 2 aliphatic heterocycles. The molecule has 5 rings (SSSR count). The van der Waals surface area contributed by atoms with Crippen molar-refractivity contribution in [2.75, 3.05) is 16.3 Å². The Balaban J connectivity index is 1.34. The fraction of sp³-hybridized carbons (Fsp3) is 0.214. The lowest BCUT2D eigenvalue weighted by Gasteiger charge is -2.31. The van der Waals surface area contributed by atoms with Crippen LogP contribution < -0.4 is 9.80 Å². The number of carbonyl (C=O) groups is 4. The normalized spacial score (nSPS) is 15.5.